The molecule has 1 aliphatic heterocycles. The van der Waals surface area contributed by atoms with Crippen LogP contribution in [0.3, 0.4) is 0 Å². The fourth-order valence-corrected chi connectivity index (χ4v) is 3.47. The Bertz CT molecular complexity index is 1260. The van der Waals surface area contributed by atoms with Crippen molar-refractivity contribution in [3.63, 3.8) is 0 Å². The Morgan fingerprint density at radius 2 is 1.58 bits per heavy atom. The first-order valence-corrected chi connectivity index (χ1v) is 8.83. The summed E-state index contributed by atoms with van der Waals surface area (Å²) in [4.78, 5) is 29.1. The fourth-order valence-electron chi connectivity index (χ4n) is 3.47. The molecule has 0 amide bonds. The van der Waals surface area contributed by atoms with Crippen LogP contribution >= 0.6 is 0 Å². The predicted molar refractivity (Wildman–Crippen MR) is 98.4 cm³/mol. The number of carboxylic acids is 1. The van der Waals surface area contributed by atoms with Crippen LogP contribution in [-0.4, -0.2) is 56.1 Å². The van der Waals surface area contributed by atoms with Crippen LogP contribution in [0.15, 0.2) is 29.2 Å². The van der Waals surface area contributed by atoms with E-state index in [4.69, 9.17) is 0 Å². The summed E-state index contributed by atoms with van der Waals surface area (Å²) in [6, 6.07) is 1.35. The van der Waals surface area contributed by atoms with Gasteiger partial charge in [-0.2, -0.15) is 0 Å². The number of carboxylic acid groups (broad SMARTS) is 1. The third-order valence-electron chi connectivity index (χ3n) is 4.92. The lowest BCUT2D eigenvalue weighted by Gasteiger charge is -2.19. The molecule has 3 N–H and O–H groups in total. The first kappa shape index (κ1) is 20.8. The monoisotopic (exact) mass is 439 g/mol. The van der Waals surface area contributed by atoms with Crippen molar-refractivity contribution in [3.8, 4) is 5.69 Å². The molecule has 162 valence electrons. The van der Waals surface area contributed by atoms with Crippen molar-refractivity contribution in [1.29, 1.82) is 0 Å². The molecular formula is C19H13F4N3O5. The molecular weight excluding hydrogens is 426 g/mol. The summed E-state index contributed by atoms with van der Waals surface area (Å²) in [5.74, 6) is -7.33. The smallest absolute Gasteiger partial charge is 0.341 e. The molecule has 0 aliphatic carbocycles. The minimum absolute atomic E-state index is 0.215. The number of nitrogens with zero attached hydrogens (tertiary/aromatic N) is 3. The quantitative estimate of drug-likeness (QED) is 0.525. The van der Waals surface area contributed by atoms with Gasteiger partial charge in [-0.15, -0.1) is 0 Å². The van der Waals surface area contributed by atoms with Gasteiger partial charge >= 0.3 is 5.97 Å². The second kappa shape index (κ2) is 7.32. The van der Waals surface area contributed by atoms with Gasteiger partial charge in [0.25, 0.3) is 0 Å². The molecule has 2 atom stereocenters. The number of fused-ring (bicyclic) bond motifs is 1. The van der Waals surface area contributed by atoms with Gasteiger partial charge in [0.2, 0.25) is 5.43 Å². The molecule has 3 aromatic rings. The summed E-state index contributed by atoms with van der Waals surface area (Å²) < 4.78 is 57.5. The summed E-state index contributed by atoms with van der Waals surface area (Å²) in [5, 5.41) is 28.1. The Balaban J connectivity index is 2.07. The molecule has 0 radical (unpaired) electrons. The summed E-state index contributed by atoms with van der Waals surface area (Å²) >= 11 is 0. The van der Waals surface area contributed by atoms with E-state index in [9.17, 15) is 42.5 Å². The van der Waals surface area contributed by atoms with Crippen molar-refractivity contribution >= 4 is 22.8 Å². The third kappa shape index (κ3) is 3.39. The van der Waals surface area contributed by atoms with Gasteiger partial charge in [-0.25, -0.2) is 27.3 Å². The van der Waals surface area contributed by atoms with E-state index in [0.717, 1.165) is 4.90 Å². The van der Waals surface area contributed by atoms with Gasteiger partial charge in [-0.1, -0.05) is 0 Å². The van der Waals surface area contributed by atoms with E-state index < -0.39 is 75.0 Å². The molecule has 0 saturated carbocycles. The first-order chi connectivity index (χ1) is 14.6. The number of pyridine rings is 2. The average Bonchev–Trinajstić information content (AvgIpc) is 3.00. The minimum atomic E-state index is -1.74. The molecule has 0 unspecified atom stereocenters. The SMILES string of the molecule is O=C(O)c1cn(-c2c(F)cc(F)cc2F)c2nc(N3C[C@@H](O)[C@@H](O)C3)c(F)cc2c1=O. The van der Waals surface area contributed by atoms with Gasteiger partial charge in [-0.3, -0.25) is 9.36 Å². The predicted octanol–water partition coefficient (Wildman–Crippen LogP) is 1.18. The fraction of sp³-hybridized carbons (Fsp3) is 0.211. The molecule has 31 heavy (non-hydrogen) atoms. The van der Waals surface area contributed by atoms with E-state index in [1.54, 1.807) is 0 Å². The highest BCUT2D eigenvalue weighted by molar-refractivity contribution is 5.92. The zero-order valence-electron chi connectivity index (χ0n) is 15.4. The number of rotatable bonds is 3. The van der Waals surface area contributed by atoms with Crippen LogP contribution in [0.4, 0.5) is 23.4 Å². The maximum Gasteiger partial charge on any atom is 0.341 e. The highest BCUT2D eigenvalue weighted by atomic mass is 19.1. The van der Waals surface area contributed by atoms with Gasteiger partial charge in [0.1, 0.15) is 17.1 Å². The number of aromatic nitrogens is 2. The molecule has 2 aromatic heterocycles. The molecule has 8 nitrogen and oxygen atoms in total. The lowest BCUT2D eigenvalue weighted by atomic mass is 10.1. The van der Waals surface area contributed by atoms with Crippen LogP contribution in [0.1, 0.15) is 10.4 Å². The highest BCUT2D eigenvalue weighted by Crippen LogP contribution is 2.28. The Morgan fingerprint density at radius 3 is 2.13 bits per heavy atom. The Labute approximate surface area is 170 Å². The van der Waals surface area contributed by atoms with Gasteiger partial charge in [0.05, 0.1) is 17.6 Å². The van der Waals surface area contributed by atoms with E-state index in [0.29, 0.717) is 29.0 Å². The van der Waals surface area contributed by atoms with E-state index in [1.807, 2.05) is 0 Å². The van der Waals surface area contributed by atoms with E-state index in [1.165, 1.54) is 0 Å². The van der Waals surface area contributed by atoms with Crippen molar-refractivity contribution < 1.29 is 37.7 Å². The van der Waals surface area contributed by atoms with E-state index in [2.05, 4.69) is 4.98 Å². The number of anilines is 1. The molecule has 1 saturated heterocycles. The molecule has 0 spiro atoms. The van der Waals surface area contributed by atoms with Crippen molar-refractivity contribution in [2.24, 2.45) is 0 Å². The molecule has 1 fully saturated rings. The number of benzene rings is 1. The normalized spacial score (nSPS) is 18.7. The number of aromatic carboxylic acids is 1. The second-order valence-electron chi connectivity index (χ2n) is 6.97. The third-order valence-corrected chi connectivity index (χ3v) is 4.92. The highest BCUT2D eigenvalue weighted by Gasteiger charge is 2.33. The Kier molecular flexibility index (Phi) is 4.90. The van der Waals surface area contributed by atoms with E-state index >= 15 is 0 Å². The van der Waals surface area contributed by atoms with Gasteiger partial charge in [0.15, 0.2) is 28.9 Å². The lowest BCUT2D eigenvalue weighted by Crippen LogP contribution is -2.25. The van der Waals surface area contributed by atoms with Crippen molar-refractivity contribution in [1.82, 2.24) is 9.55 Å². The minimum Gasteiger partial charge on any atom is -0.477 e. The van der Waals surface area contributed by atoms with Crippen molar-refractivity contribution in [3.05, 3.63) is 63.5 Å². The van der Waals surface area contributed by atoms with Crippen LogP contribution < -0.4 is 10.3 Å². The molecule has 1 aromatic carbocycles. The topological polar surface area (TPSA) is 116 Å². The van der Waals surface area contributed by atoms with Crippen LogP contribution in [0.25, 0.3) is 16.7 Å². The Morgan fingerprint density at radius 1 is 1.00 bits per heavy atom. The van der Waals surface area contributed by atoms with Crippen molar-refractivity contribution in [2.45, 2.75) is 12.2 Å². The van der Waals surface area contributed by atoms with Crippen LogP contribution in [0, 0.1) is 23.3 Å². The average molecular weight is 439 g/mol. The maximum atomic E-state index is 14.7. The van der Waals surface area contributed by atoms with Crippen LogP contribution in [-0.2, 0) is 0 Å². The lowest BCUT2D eigenvalue weighted by molar-refractivity contribution is 0.0572. The summed E-state index contributed by atoms with van der Waals surface area (Å²) in [7, 11) is 0. The van der Waals surface area contributed by atoms with E-state index in [-0.39, 0.29) is 13.1 Å². The summed E-state index contributed by atoms with van der Waals surface area (Å²) in [6.07, 6.45) is -1.81. The van der Waals surface area contributed by atoms with Crippen LogP contribution in [0.5, 0.6) is 0 Å². The zero-order valence-corrected chi connectivity index (χ0v) is 15.4. The number of hydrogen-bond donors (Lipinski definition) is 3. The zero-order chi connectivity index (χ0) is 22.6. The van der Waals surface area contributed by atoms with Gasteiger partial charge in [-0.05, 0) is 6.07 Å². The number of carbonyl (C=O) groups is 1. The molecule has 0 bridgehead atoms. The maximum absolute atomic E-state index is 14.7. The number of hydrogen-bond acceptors (Lipinski definition) is 6. The molecule has 3 heterocycles. The van der Waals surface area contributed by atoms with Gasteiger partial charge < -0.3 is 20.2 Å². The van der Waals surface area contributed by atoms with Crippen molar-refractivity contribution in [2.75, 3.05) is 18.0 Å². The molecule has 4 rings (SSSR count). The van der Waals surface area contributed by atoms with Crippen LogP contribution in [0.2, 0.25) is 0 Å². The standard InChI is InChI=1S/C19H13F4N3O5/c20-7-1-10(21)15(11(22)2-7)26-4-9(19(30)31)16(29)8-3-12(23)18(24-17(8)26)25-5-13(27)14(28)6-25/h1-4,13-14,27-28H,5-6H2,(H,30,31)/t13-,14+. The molecule has 12 heteroatoms. The number of aliphatic hydroxyl groups is 2. The summed E-state index contributed by atoms with van der Waals surface area (Å²) in [5.41, 5.74) is -3.51. The first-order valence-electron chi connectivity index (χ1n) is 8.83. The number of halogens is 4. The second-order valence-corrected chi connectivity index (χ2v) is 6.97. The Hall–Kier alpha value is -3.51. The largest absolute Gasteiger partial charge is 0.477 e. The van der Waals surface area contributed by atoms with Gasteiger partial charge in [0, 0.05) is 31.4 Å². The number of aliphatic hydroxyl groups excluding tert-OH is 2. The molecule has 1 aliphatic rings. The number of β-amino-alcohol motifs (C(OH)–C–C–N with tert-alkyl or cyclic N) is 2. The summed E-state index contributed by atoms with van der Waals surface area (Å²) in [6.45, 7) is -0.430.